The Bertz CT molecular complexity index is 956. The quantitative estimate of drug-likeness (QED) is 0.500. The molecule has 1 aromatic carbocycles. The number of nitrogen functional groups attached to an aromatic ring is 1. The first-order valence-corrected chi connectivity index (χ1v) is 9.56. The number of rotatable bonds is 5. The third kappa shape index (κ3) is 3.95. The molecule has 2 aromatic heterocycles. The van der Waals surface area contributed by atoms with Crippen LogP contribution in [0.1, 0.15) is 26.3 Å². The van der Waals surface area contributed by atoms with Crippen LogP contribution in [0.4, 0.5) is 5.69 Å². The van der Waals surface area contributed by atoms with E-state index in [4.69, 9.17) is 10.5 Å². The SMILES string of the molecule is COc1ccc(-c2cc(N)c(C(=O)N/N=C(/C)c3ccc(C)s3)s2)cc1. The van der Waals surface area contributed by atoms with Crippen LogP contribution in [-0.4, -0.2) is 18.7 Å². The minimum atomic E-state index is -0.306. The summed E-state index contributed by atoms with van der Waals surface area (Å²) < 4.78 is 5.17. The maximum Gasteiger partial charge on any atom is 0.283 e. The highest BCUT2D eigenvalue weighted by atomic mass is 32.1. The van der Waals surface area contributed by atoms with Gasteiger partial charge in [-0.15, -0.1) is 22.7 Å². The molecule has 7 heteroatoms. The average Bonchev–Trinajstić information content (AvgIpc) is 3.25. The van der Waals surface area contributed by atoms with Gasteiger partial charge in [0.1, 0.15) is 10.6 Å². The molecular weight excluding hydrogens is 366 g/mol. The molecule has 0 atom stereocenters. The summed E-state index contributed by atoms with van der Waals surface area (Å²) >= 11 is 2.98. The molecule has 26 heavy (non-hydrogen) atoms. The van der Waals surface area contributed by atoms with Crippen molar-refractivity contribution in [1.29, 1.82) is 0 Å². The van der Waals surface area contributed by atoms with Crippen LogP contribution in [0.2, 0.25) is 0 Å². The van der Waals surface area contributed by atoms with Crippen molar-refractivity contribution in [3.63, 3.8) is 0 Å². The predicted molar refractivity (Wildman–Crippen MR) is 109 cm³/mol. The van der Waals surface area contributed by atoms with Crippen LogP contribution in [0.5, 0.6) is 5.75 Å². The molecule has 0 bridgehead atoms. The largest absolute Gasteiger partial charge is 0.497 e. The first-order chi connectivity index (χ1) is 12.5. The summed E-state index contributed by atoms with van der Waals surface area (Å²) in [6, 6.07) is 13.5. The van der Waals surface area contributed by atoms with Gasteiger partial charge in [0.25, 0.3) is 5.91 Å². The van der Waals surface area contributed by atoms with Crippen molar-refractivity contribution in [2.24, 2.45) is 5.10 Å². The van der Waals surface area contributed by atoms with E-state index in [0.29, 0.717) is 10.6 Å². The molecule has 0 spiro atoms. The molecule has 0 unspecified atom stereocenters. The van der Waals surface area contributed by atoms with Crippen LogP contribution in [-0.2, 0) is 0 Å². The molecule has 2 heterocycles. The second-order valence-electron chi connectivity index (χ2n) is 5.67. The van der Waals surface area contributed by atoms with Gasteiger partial charge in [-0.1, -0.05) is 0 Å². The van der Waals surface area contributed by atoms with Crippen LogP contribution in [0.15, 0.2) is 47.6 Å². The number of ether oxygens (including phenoxy) is 1. The van der Waals surface area contributed by atoms with Gasteiger partial charge in [-0.2, -0.15) is 5.10 Å². The smallest absolute Gasteiger partial charge is 0.283 e. The molecule has 0 fully saturated rings. The second kappa shape index (κ2) is 7.72. The lowest BCUT2D eigenvalue weighted by Gasteiger charge is -2.01. The molecule has 0 radical (unpaired) electrons. The highest BCUT2D eigenvalue weighted by molar-refractivity contribution is 7.18. The Morgan fingerprint density at radius 2 is 1.88 bits per heavy atom. The van der Waals surface area contributed by atoms with Crippen LogP contribution in [0, 0.1) is 6.92 Å². The summed E-state index contributed by atoms with van der Waals surface area (Å²) in [5, 5.41) is 4.19. The molecule has 134 valence electrons. The van der Waals surface area contributed by atoms with E-state index >= 15 is 0 Å². The average molecular weight is 386 g/mol. The maximum absolute atomic E-state index is 12.4. The summed E-state index contributed by atoms with van der Waals surface area (Å²) in [5.74, 6) is 0.477. The first-order valence-electron chi connectivity index (χ1n) is 7.93. The van der Waals surface area contributed by atoms with E-state index in [9.17, 15) is 4.79 Å². The van der Waals surface area contributed by atoms with Gasteiger partial charge in [-0.05, 0) is 61.9 Å². The third-order valence-electron chi connectivity index (χ3n) is 3.76. The molecule has 3 aromatic rings. The molecule has 3 N–H and O–H groups in total. The number of nitrogens with one attached hydrogen (secondary N) is 1. The van der Waals surface area contributed by atoms with Crippen molar-refractivity contribution >= 4 is 40.0 Å². The predicted octanol–water partition coefficient (Wildman–Crippen LogP) is 4.53. The molecule has 0 saturated heterocycles. The number of methoxy groups -OCH3 is 1. The van der Waals surface area contributed by atoms with Crippen molar-refractivity contribution < 1.29 is 9.53 Å². The van der Waals surface area contributed by atoms with Crippen molar-refractivity contribution in [3.8, 4) is 16.2 Å². The van der Waals surface area contributed by atoms with Crippen molar-refractivity contribution in [1.82, 2.24) is 5.43 Å². The van der Waals surface area contributed by atoms with Crippen LogP contribution < -0.4 is 15.9 Å². The van der Waals surface area contributed by atoms with Crippen molar-refractivity contribution in [2.45, 2.75) is 13.8 Å². The van der Waals surface area contributed by atoms with Gasteiger partial charge < -0.3 is 10.5 Å². The zero-order chi connectivity index (χ0) is 18.7. The first kappa shape index (κ1) is 18.2. The number of anilines is 1. The number of hydrogen-bond donors (Lipinski definition) is 2. The summed E-state index contributed by atoms with van der Waals surface area (Å²) in [7, 11) is 1.63. The monoisotopic (exact) mass is 385 g/mol. The van der Waals surface area contributed by atoms with E-state index in [0.717, 1.165) is 26.8 Å². The Hall–Kier alpha value is -2.64. The van der Waals surface area contributed by atoms with E-state index in [1.165, 1.54) is 16.2 Å². The number of hydrazone groups is 1. The number of benzene rings is 1. The van der Waals surface area contributed by atoms with Gasteiger partial charge >= 0.3 is 0 Å². The summed E-state index contributed by atoms with van der Waals surface area (Å²) in [5.41, 5.74) is 10.8. The van der Waals surface area contributed by atoms with Gasteiger partial charge in [0, 0.05) is 9.75 Å². The van der Waals surface area contributed by atoms with Crippen molar-refractivity contribution in [2.75, 3.05) is 12.8 Å². The number of carbonyl (C=O) groups excluding carboxylic acids is 1. The normalized spacial score (nSPS) is 11.4. The number of thiophene rings is 2. The number of carbonyl (C=O) groups is 1. The zero-order valence-corrected chi connectivity index (χ0v) is 16.3. The van der Waals surface area contributed by atoms with E-state index in [1.807, 2.05) is 50.2 Å². The Morgan fingerprint density at radius 3 is 2.50 bits per heavy atom. The Balaban J connectivity index is 1.76. The highest BCUT2D eigenvalue weighted by Gasteiger charge is 2.15. The molecular formula is C19H19N3O2S2. The van der Waals surface area contributed by atoms with Gasteiger partial charge in [0.2, 0.25) is 0 Å². The molecule has 5 nitrogen and oxygen atoms in total. The van der Waals surface area contributed by atoms with Gasteiger partial charge in [0.15, 0.2) is 0 Å². The Labute approximate surface area is 160 Å². The Morgan fingerprint density at radius 1 is 1.15 bits per heavy atom. The van der Waals surface area contributed by atoms with Gasteiger partial charge in [-0.3, -0.25) is 4.79 Å². The standard InChI is InChI=1S/C19H19N3O2S2/c1-11-4-9-16(25-11)12(2)21-22-19(23)18-15(20)10-17(26-18)13-5-7-14(24-3)8-6-13/h4-10H,20H2,1-3H3,(H,22,23)/b21-12-. The second-order valence-corrected chi connectivity index (χ2v) is 8.01. The number of amides is 1. The molecule has 0 saturated carbocycles. The summed E-state index contributed by atoms with van der Waals surface area (Å²) in [4.78, 5) is 16.1. The fourth-order valence-corrected chi connectivity index (χ4v) is 4.14. The van der Waals surface area contributed by atoms with Crippen LogP contribution >= 0.6 is 22.7 Å². The topological polar surface area (TPSA) is 76.7 Å². The van der Waals surface area contributed by atoms with Crippen LogP contribution in [0.3, 0.4) is 0 Å². The molecule has 3 rings (SSSR count). The molecule has 0 aliphatic carbocycles. The minimum absolute atomic E-state index is 0.306. The number of nitrogens with two attached hydrogens (primary N) is 1. The fourth-order valence-electron chi connectivity index (χ4n) is 2.35. The van der Waals surface area contributed by atoms with Gasteiger partial charge in [-0.25, -0.2) is 5.43 Å². The number of hydrogen-bond acceptors (Lipinski definition) is 6. The molecule has 0 aliphatic heterocycles. The van der Waals surface area contributed by atoms with Gasteiger partial charge in [0.05, 0.1) is 23.4 Å². The lowest BCUT2D eigenvalue weighted by atomic mass is 10.2. The van der Waals surface area contributed by atoms with E-state index in [2.05, 4.69) is 10.5 Å². The van der Waals surface area contributed by atoms with E-state index < -0.39 is 0 Å². The third-order valence-corrected chi connectivity index (χ3v) is 6.07. The Kier molecular flexibility index (Phi) is 5.39. The molecule has 1 amide bonds. The minimum Gasteiger partial charge on any atom is -0.497 e. The summed E-state index contributed by atoms with van der Waals surface area (Å²) in [6.07, 6.45) is 0. The van der Waals surface area contributed by atoms with E-state index in [-0.39, 0.29) is 5.91 Å². The van der Waals surface area contributed by atoms with E-state index in [1.54, 1.807) is 24.5 Å². The number of nitrogens with zero attached hydrogens (tertiary/aromatic N) is 1. The van der Waals surface area contributed by atoms with Crippen molar-refractivity contribution in [3.05, 3.63) is 57.1 Å². The van der Waals surface area contributed by atoms with Crippen LogP contribution in [0.25, 0.3) is 10.4 Å². The maximum atomic E-state index is 12.4. The molecule has 0 aliphatic rings. The highest BCUT2D eigenvalue weighted by Crippen LogP contribution is 2.34. The summed E-state index contributed by atoms with van der Waals surface area (Å²) in [6.45, 7) is 3.90. The number of aryl methyl sites for hydroxylation is 1. The zero-order valence-electron chi connectivity index (χ0n) is 14.7. The lowest BCUT2D eigenvalue weighted by Crippen LogP contribution is -2.19. The fraction of sp³-hybridized carbons (Fsp3) is 0.158. The lowest BCUT2D eigenvalue weighted by molar-refractivity contribution is 0.0959.